The van der Waals surface area contributed by atoms with Crippen molar-refractivity contribution < 1.29 is 14.6 Å². The van der Waals surface area contributed by atoms with E-state index in [0.29, 0.717) is 25.3 Å². The number of carboxylic acid groups (broad SMARTS) is 1. The van der Waals surface area contributed by atoms with E-state index in [1.807, 2.05) is 54.2 Å². The number of pyridine rings is 2. The second kappa shape index (κ2) is 9.04. The molecule has 1 aliphatic rings. The van der Waals surface area contributed by atoms with E-state index in [9.17, 15) is 14.7 Å². The molecule has 5 heterocycles. The highest BCUT2D eigenvalue weighted by Gasteiger charge is 2.41. The van der Waals surface area contributed by atoms with Gasteiger partial charge in [-0.3, -0.25) is 14.3 Å². The van der Waals surface area contributed by atoms with Crippen molar-refractivity contribution in [3.63, 3.8) is 0 Å². The quantitative estimate of drug-likeness (QED) is 0.349. The molecule has 0 bridgehead atoms. The number of hydrogen-bond donors (Lipinski definition) is 1. The lowest BCUT2D eigenvalue weighted by Crippen LogP contribution is -2.45. The predicted molar refractivity (Wildman–Crippen MR) is 149 cm³/mol. The van der Waals surface area contributed by atoms with E-state index < -0.39 is 6.09 Å². The minimum absolute atomic E-state index is 0.194. The van der Waals surface area contributed by atoms with Gasteiger partial charge < -0.3 is 18.8 Å². The van der Waals surface area contributed by atoms with Crippen LogP contribution in [0.2, 0.25) is 0 Å². The van der Waals surface area contributed by atoms with Crippen molar-refractivity contribution in [2.24, 2.45) is 12.5 Å². The third kappa shape index (κ3) is 4.24. The van der Waals surface area contributed by atoms with E-state index in [4.69, 9.17) is 4.74 Å². The van der Waals surface area contributed by atoms with Crippen LogP contribution in [0.5, 0.6) is 5.75 Å². The monoisotopic (exact) mass is 525 g/mol. The number of ether oxygens (including phenoxy) is 1. The zero-order chi connectivity index (χ0) is 27.5. The van der Waals surface area contributed by atoms with E-state index in [0.717, 1.165) is 33.5 Å². The number of benzene rings is 1. The highest BCUT2D eigenvalue weighted by Crippen LogP contribution is 2.45. The van der Waals surface area contributed by atoms with Crippen molar-refractivity contribution in [3.8, 4) is 11.4 Å². The lowest BCUT2D eigenvalue weighted by molar-refractivity contribution is 0.0725. The Morgan fingerprint density at radius 1 is 1.13 bits per heavy atom. The van der Waals surface area contributed by atoms with Crippen LogP contribution in [-0.2, 0) is 20.1 Å². The van der Waals surface area contributed by atoms with E-state index >= 15 is 0 Å². The summed E-state index contributed by atoms with van der Waals surface area (Å²) in [4.78, 5) is 31.0. The highest BCUT2D eigenvalue weighted by molar-refractivity contribution is 5.88. The number of amides is 1. The molecule has 1 unspecified atom stereocenters. The second-order valence-electron chi connectivity index (χ2n) is 11.2. The molecule has 0 saturated carbocycles. The third-order valence-corrected chi connectivity index (χ3v) is 7.60. The minimum atomic E-state index is -0.900. The summed E-state index contributed by atoms with van der Waals surface area (Å²) in [6, 6.07) is 12.9. The molecule has 5 aromatic rings. The molecule has 4 aromatic heterocycles. The lowest BCUT2D eigenvalue weighted by atomic mass is 9.80. The van der Waals surface area contributed by atoms with Gasteiger partial charge in [-0.2, -0.15) is 0 Å². The number of aromatic nitrogens is 4. The Bertz CT molecular complexity index is 1790. The van der Waals surface area contributed by atoms with E-state index in [1.54, 1.807) is 27.9 Å². The van der Waals surface area contributed by atoms with Gasteiger partial charge in [-0.1, -0.05) is 32.9 Å². The molecule has 1 atom stereocenters. The minimum Gasteiger partial charge on any atom is -0.489 e. The first-order valence-electron chi connectivity index (χ1n) is 13.0. The molecule has 6 rings (SSSR count). The fourth-order valence-electron chi connectivity index (χ4n) is 5.86. The number of hydrogen-bond acceptors (Lipinski definition) is 4. The van der Waals surface area contributed by atoms with E-state index in [-0.39, 0.29) is 17.0 Å². The van der Waals surface area contributed by atoms with Crippen LogP contribution in [0.15, 0.2) is 72.0 Å². The van der Waals surface area contributed by atoms with Crippen molar-refractivity contribution in [2.45, 2.75) is 39.8 Å². The largest absolute Gasteiger partial charge is 0.489 e. The average molecular weight is 526 g/mol. The van der Waals surface area contributed by atoms with Crippen LogP contribution >= 0.6 is 0 Å². The summed E-state index contributed by atoms with van der Waals surface area (Å²) >= 11 is 0. The van der Waals surface area contributed by atoms with Gasteiger partial charge in [-0.15, -0.1) is 0 Å². The summed E-state index contributed by atoms with van der Waals surface area (Å²) in [6.07, 6.45) is 7.07. The maximum atomic E-state index is 13.1. The maximum Gasteiger partial charge on any atom is 0.407 e. The zero-order valence-electron chi connectivity index (χ0n) is 22.5. The molecule has 200 valence electrons. The Morgan fingerprint density at radius 3 is 2.69 bits per heavy atom. The molecule has 39 heavy (non-hydrogen) atoms. The van der Waals surface area contributed by atoms with Gasteiger partial charge in [0.1, 0.15) is 18.0 Å². The molecule has 0 spiro atoms. The van der Waals surface area contributed by atoms with Gasteiger partial charge in [0.2, 0.25) is 0 Å². The van der Waals surface area contributed by atoms with Crippen molar-refractivity contribution in [1.82, 2.24) is 23.4 Å². The summed E-state index contributed by atoms with van der Waals surface area (Å²) in [6.45, 7) is 7.02. The fourth-order valence-corrected chi connectivity index (χ4v) is 5.86. The van der Waals surface area contributed by atoms with Crippen molar-refractivity contribution in [1.29, 1.82) is 0 Å². The molecule has 1 aliphatic heterocycles. The van der Waals surface area contributed by atoms with Gasteiger partial charge in [0.25, 0.3) is 5.56 Å². The zero-order valence-corrected chi connectivity index (χ0v) is 22.5. The molecule has 0 fully saturated rings. The number of aryl methyl sites for hydroxylation is 1. The van der Waals surface area contributed by atoms with Crippen LogP contribution in [0.4, 0.5) is 4.79 Å². The Hall–Kier alpha value is -4.53. The van der Waals surface area contributed by atoms with Crippen LogP contribution in [-0.4, -0.2) is 41.2 Å². The van der Waals surface area contributed by atoms with Gasteiger partial charge in [-0.05, 0) is 41.7 Å². The standard InChI is InChI=1S/C30H31N5O4/c1-30(2,3)28-27-23(10-13-35(28)29(37)38)22-7-6-20(15-24(22)32(27)4)34-12-9-21(16-26(34)36)39-18-19-5-8-25-31-11-14-33(25)17-19/h5-9,11-12,14-17,28H,10,13,18H2,1-4H3,(H,37,38). The SMILES string of the molecule is Cn1c2c(c3ccc(-n4ccc(OCc5ccc6nccn6c5)cc4=O)cc31)CCN(C(=O)O)C2C(C)(C)C. The topological polar surface area (TPSA) is 94.0 Å². The van der Waals surface area contributed by atoms with Gasteiger partial charge in [-0.25, -0.2) is 9.78 Å². The molecule has 1 amide bonds. The number of carbonyl (C=O) groups is 1. The van der Waals surface area contributed by atoms with Crippen LogP contribution in [0.25, 0.3) is 22.2 Å². The van der Waals surface area contributed by atoms with Gasteiger partial charge >= 0.3 is 6.09 Å². The molecule has 9 nitrogen and oxygen atoms in total. The maximum absolute atomic E-state index is 13.1. The van der Waals surface area contributed by atoms with Crippen molar-refractivity contribution >= 4 is 22.6 Å². The Kier molecular flexibility index (Phi) is 5.75. The summed E-state index contributed by atoms with van der Waals surface area (Å²) in [5.41, 5.74) is 5.28. The molecule has 9 heteroatoms. The molecule has 1 N–H and O–H groups in total. The molecule has 0 aliphatic carbocycles. The summed E-state index contributed by atoms with van der Waals surface area (Å²) in [5.74, 6) is 0.499. The molecule has 0 saturated heterocycles. The molecular formula is C30H31N5O4. The van der Waals surface area contributed by atoms with Crippen LogP contribution < -0.4 is 10.3 Å². The second-order valence-corrected chi connectivity index (χ2v) is 11.2. The molecular weight excluding hydrogens is 494 g/mol. The molecule has 1 aromatic carbocycles. The summed E-state index contributed by atoms with van der Waals surface area (Å²) in [5, 5.41) is 11.0. The number of fused-ring (bicyclic) bond motifs is 4. The number of rotatable bonds is 4. The average Bonchev–Trinajstić information content (AvgIpc) is 3.48. The fraction of sp³-hybridized carbons (Fsp3) is 0.300. The van der Waals surface area contributed by atoms with Gasteiger partial charge in [0.05, 0.1) is 17.2 Å². The van der Waals surface area contributed by atoms with Crippen LogP contribution in [0.1, 0.15) is 43.6 Å². The normalized spacial score (nSPS) is 15.6. The first-order chi connectivity index (χ1) is 18.6. The van der Waals surface area contributed by atoms with Crippen LogP contribution in [0.3, 0.4) is 0 Å². The Morgan fingerprint density at radius 2 is 1.95 bits per heavy atom. The number of imidazole rings is 1. The first-order valence-corrected chi connectivity index (χ1v) is 13.0. The van der Waals surface area contributed by atoms with Crippen molar-refractivity contribution in [3.05, 3.63) is 94.4 Å². The molecule has 0 radical (unpaired) electrons. The van der Waals surface area contributed by atoms with Gasteiger partial charge in [0.15, 0.2) is 0 Å². The van der Waals surface area contributed by atoms with Crippen molar-refractivity contribution in [2.75, 3.05) is 6.54 Å². The predicted octanol–water partition coefficient (Wildman–Crippen LogP) is 5.18. The lowest BCUT2D eigenvalue weighted by Gasteiger charge is -2.42. The summed E-state index contributed by atoms with van der Waals surface area (Å²) in [7, 11) is 1.98. The van der Waals surface area contributed by atoms with E-state index in [2.05, 4.69) is 30.3 Å². The highest BCUT2D eigenvalue weighted by atomic mass is 16.5. The Labute approximate surface area is 225 Å². The van der Waals surface area contributed by atoms with Gasteiger partial charge in [0, 0.05) is 61.1 Å². The Balaban J connectivity index is 1.31. The van der Waals surface area contributed by atoms with E-state index in [1.165, 1.54) is 11.6 Å². The third-order valence-electron chi connectivity index (χ3n) is 7.60. The smallest absolute Gasteiger partial charge is 0.407 e. The van der Waals surface area contributed by atoms with Crippen LogP contribution in [0, 0.1) is 5.41 Å². The summed E-state index contributed by atoms with van der Waals surface area (Å²) < 4.78 is 11.5. The first kappa shape index (κ1) is 24.8. The number of nitrogens with zero attached hydrogens (tertiary/aromatic N) is 5.